The van der Waals surface area contributed by atoms with E-state index < -0.39 is 0 Å². The molecule has 2 heterocycles. The third-order valence-corrected chi connectivity index (χ3v) is 3.71. The lowest BCUT2D eigenvalue weighted by Gasteiger charge is -2.37. The van der Waals surface area contributed by atoms with Crippen LogP contribution >= 0.6 is 0 Å². The molecule has 2 N–H and O–H groups in total. The summed E-state index contributed by atoms with van der Waals surface area (Å²) in [6.07, 6.45) is 4.11. The number of aromatic nitrogens is 3. The Morgan fingerprint density at radius 2 is 2.35 bits per heavy atom. The van der Waals surface area contributed by atoms with Gasteiger partial charge < -0.3 is 5.73 Å². The van der Waals surface area contributed by atoms with E-state index in [0.717, 1.165) is 37.9 Å². The van der Waals surface area contributed by atoms with Gasteiger partial charge in [-0.25, -0.2) is 9.67 Å². The van der Waals surface area contributed by atoms with Crippen LogP contribution in [0.25, 0.3) is 0 Å². The van der Waals surface area contributed by atoms with Gasteiger partial charge in [0.1, 0.15) is 12.2 Å². The molecular weight excluding hydrogens is 214 g/mol. The zero-order valence-electron chi connectivity index (χ0n) is 10.8. The molecule has 2 rings (SSSR count). The monoisotopic (exact) mass is 237 g/mol. The highest BCUT2D eigenvalue weighted by Gasteiger charge is 2.26. The van der Waals surface area contributed by atoms with Crippen LogP contribution in [0.4, 0.5) is 0 Å². The summed E-state index contributed by atoms with van der Waals surface area (Å²) in [5.41, 5.74) is 5.87. The van der Waals surface area contributed by atoms with Crippen LogP contribution in [0.5, 0.6) is 0 Å². The van der Waals surface area contributed by atoms with Gasteiger partial charge in [0, 0.05) is 19.1 Å². The number of nitrogens with zero attached hydrogens (tertiary/aromatic N) is 4. The van der Waals surface area contributed by atoms with E-state index in [0.29, 0.717) is 6.04 Å². The van der Waals surface area contributed by atoms with Crippen molar-refractivity contribution in [3.05, 3.63) is 12.2 Å². The number of hydrogen-bond acceptors (Lipinski definition) is 4. The Balaban J connectivity index is 2.02. The van der Waals surface area contributed by atoms with E-state index in [9.17, 15) is 0 Å². The van der Waals surface area contributed by atoms with Gasteiger partial charge in [0.2, 0.25) is 0 Å². The first kappa shape index (κ1) is 12.5. The molecule has 0 amide bonds. The summed E-state index contributed by atoms with van der Waals surface area (Å²) in [5.74, 6) is 1.85. The predicted octanol–water partition coefficient (Wildman–Crippen LogP) is 0.857. The molecular formula is C12H23N5. The summed E-state index contributed by atoms with van der Waals surface area (Å²) in [6, 6.07) is 0.501. The first-order valence-electron chi connectivity index (χ1n) is 6.55. The molecule has 1 aromatic rings. The normalized spacial score (nSPS) is 26.3. The van der Waals surface area contributed by atoms with Crippen molar-refractivity contribution in [2.75, 3.05) is 13.1 Å². The van der Waals surface area contributed by atoms with Gasteiger partial charge >= 0.3 is 0 Å². The molecule has 2 unspecified atom stereocenters. The van der Waals surface area contributed by atoms with Crippen molar-refractivity contribution in [3.8, 4) is 0 Å². The maximum atomic E-state index is 5.87. The molecule has 17 heavy (non-hydrogen) atoms. The SMILES string of the molecule is CCn1ncnc1CN1CCC(C)CC1CN. The Bertz CT molecular complexity index is 348. The van der Waals surface area contributed by atoms with E-state index in [1.807, 2.05) is 4.68 Å². The van der Waals surface area contributed by atoms with Gasteiger partial charge in [-0.1, -0.05) is 6.92 Å². The average molecular weight is 237 g/mol. The molecule has 5 nitrogen and oxygen atoms in total. The smallest absolute Gasteiger partial charge is 0.141 e. The van der Waals surface area contributed by atoms with Crippen LogP contribution in [0.3, 0.4) is 0 Å². The molecule has 1 aliphatic rings. The summed E-state index contributed by atoms with van der Waals surface area (Å²) >= 11 is 0. The molecule has 0 radical (unpaired) electrons. The number of nitrogens with two attached hydrogens (primary N) is 1. The molecule has 5 heteroatoms. The summed E-state index contributed by atoms with van der Waals surface area (Å²) in [5, 5.41) is 4.21. The molecule has 0 bridgehead atoms. The lowest BCUT2D eigenvalue weighted by molar-refractivity contribution is 0.110. The van der Waals surface area contributed by atoms with Crippen LogP contribution in [0, 0.1) is 5.92 Å². The van der Waals surface area contributed by atoms with Gasteiger partial charge in [0.25, 0.3) is 0 Å². The Morgan fingerprint density at radius 1 is 1.53 bits per heavy atom. The standard InChI is InChI=1S/C12H23N5/c1-3-17-12(14-9-15-17)8-16-5-4-10(2)6-11(16)7-13/h9-11H,3-8,13H2,1-2H3. The summed E-state index contributed by atoms with van der Waals surface area (Å²) in [7, 11) is 0. The second kappa shape index (κ2) is 5.60. The third kappa shape index (κ3) is 2.84. The predicted molar refractivity (Wildman–Crippen MR) is 67.3 cm³/mol. The average Bonchev–Trinajstić information content (AvgIpc) is 2.78. The fourth-order valence-corrected chi connectivity index (χ4v) is 2.61. The molecule has 0 spiro atoms. The Hall–Kier alpha value is -0.940. The van der Waals surface area contributed by atoms with E-state index in [1.165, 1.54) is 12.8 Å². The van der Waals surface area contributed by atoms with Gasteiger partial charge in [-0.15, -0.1) is 0 Å². The molecule has 0 aliphatic carbocycles. The number of likely N-dealkylation sites (tertiary alicyclic amines) is 1. The maximum absolute atomic E-state index is 5.87. The lowest BCUT2D eigenvalue weighted by atomic mass is 9.92. The van der Waals surface area contributed by atoms with Crippen molar-refractivity contribution in [2.45, 2.75) is 45.8 Å². The van der Waals surface area contributed by atoms with Crippen LogP contribution in [0.1, 0.15) is 32.5 Å². The van der Waals surface area contributed by atoms with Crippen molar-refractivity contribution in [3.63, 3.8) is 0 Å². The number of hydrogen-bond donors (Lipinski definition) is 1. The van der Waals surface area contributed by atoms with Crippen LogP contribution in [-0.4, -0.2) is 38.8 Å². The first-order chi connectivity index (χ1) is 8.24. The summed E-state index contributed by atoms with van der Waals surface area (Å²) in [4.78, 5) is 6.79. The number of piperidine rings is 1. The molecule has 1 aromatic heterocycles. The van der Waals surface area contributed by atoms with Gasteiger partial charge in [0.05, 0.1) is 6.54 Å². The second-order valence-electron chi connectivity index (χ2n) is 4.98. The molecule has 1 saturated heterocycles. The fraction of sp³-hybridized carbons (Fsp3) is 0.833. The van der Waals surface area contributed by atoms with Crippen molar-refractivity contribution >= 4 is 0 Å². The maximum Gasteiger partial charge on any atom is 0.141 e. The molecule has 1 fully saturated rings. The second-order valence-corrected chi connectivity index (χ2v) is 4.98. The minimum atomic E-state index is 0.501. The van der Waals surface area contributed by atoms with E-state index in [2.05, 4.69) is 28.8 Å². The molecule has 2 atom stereocenters. The Kier molecular flexibility index (Phi) is 4.12. The fourth-order valence-electron chi connectivity index (χ4n) is 2.61. The van der Waals surface area contributed by atoms with Crippen molar-refractivity contribution in [1.82, 2.24) is 19.7 Å². The van der Waals surface area contributed by atoms with Gasteiger partial charge in [-0.2, -0.15) is 5.10 Å². The summed E-state index contributed by atoms with van der Waals surface area (Å²) in [6.45, 7) is 8.03. The van der Waals surface area contributed by atoms with Gasteiger partial charge in [-0.05, 0) is 32.2 Å². The zero-order valence-corrected chi connectivity index (χ0v) is 10.8. The quantitative estimate of drug-likeness (QED) is 0.843. The highest BCUT2D eigenvalue weighted by atomic mass is 15.3. The number of rotatable bonds is 4. The highest BCUT2D eigenvalue weighted by molar-refractivity contribution is 4.89. The van der Waals surface area contributed by atoms with E-state index in [1.54, 1.807) is 6.33 Å². The molecule has 0 saturated carbocycles. The zero-order chi connectivity index (χ0) is 12.3. The largest absolute Gasteiger partial charge is 0.329 e. The van der Waals surface area contributed by atoms with Crippen LogP contribution in [0.2, 0.25) is 0 Å². The van der Waals surface area contributed by atoms with Gasteiger partial charge in [0.15, 0.2) is 0 Å². The Labute approximate surface area is 103 Å². The summed E-state index contributed by atoms with van der Waals surface area (Å²) < 4.78 is 1.96. The van der Waals surface area contributed by atoms with E-state index in [4.69, 9.17) is 5.73 Å². The van der Waals surface area contributed by atoms with Crippen LogP contribution in [-0.2, 0) is 13.1 Å². The van der Waals surface area contributed by atoms with Crippen molar-refractivity contribution in [2.24, 2.45) is 11.7 Å². The highest BCUT2D eigenvalue weighted by Crippen LogP contribution is 2.23. The van der Waals surface area contributed by atoms with Crippen LogP contribution < -0.4 is 5.73 Å². The van der Waals surface area contributed by atoms with Crippen molar-refractivity contribution in [1.29, 1.82) is 0 Å². The first-order valence-corrected chi connectivity index (χ1v) is 6.55. The van der Waals surface area contributed by atoms with E-state index in [-0.39, 0.29) is 0 Å². The minimum absolute atomic E-state index is 0.501. The Morgan fingerprint density at radius 3 is 3.06 bits per heavy atom. The number of aryl methyl sites for hydroxylation is 1. The van der Waals surface area contributed by atoms with E-state index >= 15 is 0 Å². The molecule has 1 aliphatic heterocycles. The van der Waals surface area contributed by atoms with Gasteiger partial charge in [-0.3, -0.25) is 4.90 Å². The van der Waals surface area contributed by atoms with Crippen LogP contribution in [0.15, 0.2) is 6.33 Å². The molecule has 0 aromatic carbocycles. The third-order valence-electron chi connectivity index (χ3n) is 3.71. The topological polar surface area (TPSA) is 60.0 Å². The lowest BCUT2D eigenvalue weighted by Crippen LogP contribution is -2.46. The minimum Gasteiger partial charge on any atom is -0.329 e. The van der Waals surface area contributed by atoms with Crippen molar-refractivity contribution < 1.29 is 0 Å². The molecule has 96 valence electrons.